The SMILES string of the molecule is CCc1cc(C(F)(C(F)(F)F)C(F)(F)F)cc(C)c1NC(=O)c1ccc(CN)c(C(F)(F)F)c1. The van der Waals surface area contributed by atoms with Crippen LogP contribution in [0.2, 0.25) is 0 Å². The topological polar surface area (TPSA) is 55.1 Å². The number of carbonyl (C=O) groups excluding carboxylic acids is 1. The number of carbonyl (C=O) groups is 1. The highest BCUT2D eigenvalue weighted by Gasteiger charge is 2.73. The summed E-state index contributed by atoms with van der Waals surface area (Å²) < 4.78 is 133. The fourth-order valence-corrected chi connectivity index (χ4v) is 3.35. The number of alkyl halides is 10. The van der Waals surface area contributed by atoms with E-state index < -0.39 is 53.3 Å². The number of nitrogens with two attached hydrogens (primary N) is 1. The van der Waals surface area contributed by atoms with Gasteiger partial charge in [0.05, 0.1) is 5.56 Å². The average molecular weight is 504 g/mol. The average Bonchev–Trinajstić information content (AvgIpc) is 2.71. The van der Waals surface area contributed by atoms with Crippen LogP contribution in [-0.2, 0) is 24.8 Å². The van der Waals surface area contributed by atoms with E-state index in [0.717, 1.165) is 19.1 Å². The van der Waals surface area contributed by atoms with Crippen molar-refractivity contribution in [2.24, 2.45) is 5.73 Å². The Hall–Kier alpha value is -2.83. The molecule has 0 aliphatic carbocycles. The van der Waals surface area contributed by atoms with Gasteiger partial charge >= 0.3 is 24.2 Å². The molecule has 188 valence electrons. The lowest BCUT2D eigenvalue weighted by molar-refractivity contribution is -0.348. The smallest absolute Gasteiger partial charge is 0.326 e. The zero-order chi connectivity index (χ0) is 26.3. The summed E-state index contributed by atoms with van der Waals surface area (Å²) in [4.78, 5) is 12.6. The first-order valence-corrected chi connectivity index (χ1v) is 9.56. The van der Waals surface area contributed by atoms with Crippen molar-refractivity contribution in [2.45, 2.75) is 51.0 Å². The van der Waals surface area contributed by atoms with Gasteiger partial charge in [-0.05, 0) is 48.2 Å². The number of amides is 1. The van der Waals surface area contributed by atoms with Crippen LogP contribution in [0.5, 0.6) is 0 Å². The summed E-state index contributed by atoms with van der Waals surface area (Å²) in [6.07, 6.45) is -17.7. The molecule has 3 nitrogen and oxygen atoms in total. The number of hydrogen-bond acceptors (Lipinski definition) is 2. The van der Waals surface area contributed by atoms with Gasteiger partial charge in [0.1, 0.15) is 0 Å². The first-order valence-electron chi connectivity index (χ1n) is 9.56. The van der Waals surface area contributed by atoms with Crippen molar-refractivity contribution in [3.05, 3.63) is 63.7 Å². The second-order valence-corrected chi connectivity index (χ2v) is 7.36. The quantitative estimate of drug-likeness (QED) is 0.453. The van der Waals surface area contributed by atoms with Crippen LogP contribution in [0.3, 0.4) is 0 Å². The Labute approximate surface area is 186 Å². The van der Waals surface area contributed by atoms with Gasteiger partial charge in [-0.15, -0.1) is 0 Å². The summed E-state index contributed by atoms with van der Waals surface area (Å²) in [7, 11) is 0. The Morgan fingerprint density at radius 2 is 1.44 bits per heavy atom. The molecular formula is C21H18F10N2O. The zero-order valence-electron chi connectivity index (χ0n) is 17.6. The van der Waals surface area contributed by atoms with Gasteiger partial charge in [-0.1, -0.05) is 19.1 Å². The maximum absolute atomic E-state index is 14.5. The van der Waals surface area contributed by atoms with E-state index in [-0.39, 0.29) is 34.9 Å². The van der Waals surface area contributed by atoms with Gasteiger partial charge in [-0.3, -0.25) is 4.79 Å². The lowest BCUT2D eigenvalue weighted by atomic mass is 9.89. The van der Waals surface area contributed by atoms with Crippen molar-refractivity contribution in [2.75, 3.05) is 5.32 Å². The van der Waals surface area contributed by atoms with E-state index in [0.29, 0.717) is 12.1 Å². The molecule has 0 saturated carbocycles. The van der Waals surface area contributed by atoms with Crippen LogP contribution in [0, 0.1) is 6.92 Å². The van der Waals surface area contributed by atoms with Crippen LogP contribution in [0.15, 0.2) is 30.3 Å². The molecule has 3 N–H and O–H groups in total. The first-order chi connectivity index (χ1) is 15.4. The fourth-order valence-electron chi connectivity index (χ4n) is 3.35. The third-order valence-corrected chi connectivity index (χ3v) is 5.11. The summed E-state index contributed by atoms with van der Waals surface area (Å²) in [6, 6.07) is 3.13. The highest BCUT2D eigenvalue weighted by molar-refractivity contribution is 6.05. The Morgan fingerprint density at radius 1 is 0.882 bits per heavy atom. The monoisotopic (exact) mass is 504 g/mol. The minimum Gasteiger partial charge on any atom is -0.326 e. The largest absolute Gasteiger partial charge is 0.435 e. The van der Waals surface area contributed by atoms with Crippen molar-refractivity contribution >= 4 is 11.6 Å². The van der Waals surface area contributed by atoms with Crippen LogP contribution >= 0.6 is 0 Å². The van der Waals surface area contributed by atoms with Gasteiger partial charge in [-0.25, -0.2) is 4.39 Å². The molecule has 13 heteroatoms. The Morgan fingerprint density at radius 3 is 1.88 bits per heavy atom. The zero-order valence-corrected chi connectivity index (χ0v) is 17.6. The van der Waals surface area contributed by atoms with E-state index in [4.69, 9.17) is 5.73 Å². The molecule has 34 heavy (non-hydrogen) atoms. The predicted octanol–water partition coefficient (Wildman–Crippen LogP) is 6.58. The standard InChI is InChI=1S/C21H18F10N2O/c1-3-11-7-14(18(22,20(26,27)28)21(29,30)31)6-10(2)16(11)33-17(34)12-4-5-13(9-32)15(8-12)19(23,24)25/h4-8H,3,9,32H2,1-2H3,(H,33,34). The molecule has 0 bridgehead atoms. The number of benzene rings is 2. The summed E-state index contributed by atoms with van der Waals surface area (Å²) in [6.45, 7) is 1.89. The van der Waals surface area contributed by atoms with Crippen molar-refractivity contribution in [3.63, 3.8) is 0 Å². The van der Waals surface area contributed by atoms with Gasteiger partial charge in [0.15, 0.2) is 0 Å². The van der Waals surface area contributed by atoms with Gasteiger partial charge in [0, 0.05) is 23.4 Å². The predicted molar refractivity (Wildman–Crippen MR) is 103 cm³/mol. The lowest BCUT2D eigenvalue weighted by Gasteiger charge is -2.31. The summed E-state index contributed by atoms with van der Waals surface area (Å²) in [5.74, 6) is -1.11. The second-order valence-electron chi connectivity index (χ2n) is 7.36. The molecule has 0 atom stereocenters. The third-order valence-electron chi connectivity index (χ3n) is 5.11. The first kappa shape index (κ1) is 27.4. The second kappa shape index (κ2) is 9.08. The highest BCUT2D eigenvalue weighted by Crippen LogP contribution is 2.54. The summed E-state index contributed by atoms with van der Waals surface area (Å²) in [5.41, 5.74) is -4.97. The normalized spacial score (nSPS) is 13.2. The Bertz CT molecular complexity index is 1060. The number of anilines is 1. The maximum Gasteiger partial charge on any atom is 0.435 e. The molecule has 0 heterocycles. The number of hydrogen-bond donors (Lipinski definition) is 2. The van der Waals surface area contributed by atoms with Crippen molar-refractivity contribution in [3.8, 4) is 0 Å². The maximum atomic E-state index is 14.5. The van der Waals surface area contributed by atoms with Gasteiger partial charge < -0.3 is 11.1 Å². The van der Waals surface area contributed by atoms with Crippen LogP contribution in [0.4, 0.5) is 49.6 Å². The van der Waals surface area contributed by atoms with Crippen LogP contribution < -0.4 is 11.1 Å². The molecule has 2 aromatic carbocycles. The summed E-state index contributed by atoms with van der Waals surface area (Å²) in [5, 5.41) is 2.20. The van der Waals surface area contributed by atoms with E-state index in [1.807, 2.05) is 0 Å². The number of nitrogens with one attached hydrogen (secondary N) is 1. The molecule has 0 radical (unpaired) electrons. The summed E-state index contributed by atoms with van der Waals surface area (Å²) >= 11 is 0. The van der Waals surface area contributed by atoms with Crippen molar-refractivity contribution in [1.82, 2.24) is 0 Å². The van der Waals surface area contributed by atoms with Crippen LogP contribution in [-0.4, -0.2) is 18.3 Å². The van der Waals surface area contributed by atoms with Crippen LogP contribution in [0.25, 0.3) is 0 Å². The minimum atomic E-state index is -6.33. The Kier molecular flexibility index (Phi) is 7.32. The Balaban J connectivity index is 2.56. The molecule has 0 aromatic heterocycles. The molecule has 1 amide bonds. The minimum absolute atomic E-state index is 0.226. The molecule has 2 aromatic rings. The van der Waals surface area contributed by atoms with Gasteiger partial charge in [0.2, 0.25) is 0 Å². The van der Waals surface area contributed by atoms with Gasteiger partial charge in [-0.2, -0.15) is 39.5 Å². The number of aryl methyl sites for hydroxylation is 2. The highest BCUT2D eigenvalue weighted by atomic mass is 19.4. The molecule has 0 aliphatic heterocycles. The molecular weight excluding hydrogens is 486 g/mol. The molecule has 0 saturated heterocycles. The van der Waals surface area contributed by atoms with E-state index >= 15 is 0 Å². The number of halogens is 10. The molecule has 2 rings (SSSR count). The van der Waals surface area contributed by atoms with E-state index in [9.17, 15) is 48.7 Å². The molecule has 0 fully saturated rings. The molecule has 0 spiro atoms. The van der Waals surface area contributed by atoms with E-state index in [1.165, 1.54) is 6.92 Å². The van der Waals surface area contributed by atoms with Crippen LogP contribution in [0.1, 0.15) is 45.1 Å². The number of rotatable bonds is 5. The van der Waals surface area contributed by atoms with Crippen molar-refractivity contribution in [1.29, 1.82) is 0 Å². The van der Waals surface area contributed by atoms with E-state index in [1.54, 1.807) is 0 Å². The van der Waals surface area contributed by atoms with Crippen molar-refractivity contribution < 1.29 is 48.7 Å². The van der Waals surface area contributed by atoms with E-state index in [2.05, 4.69) is 5.32 Å². The third kappa shape index (κ3) is 4.98. The van der Waals surface area contributed by atoms with Gasteiger partial charge in [0.25, 0.3) is 5.91 Å². The molecule has 0 aliphatic rings. The molecule has 0 unspecified atom stereocenters. The lowest BCUT2D eigenvalue weighted by Crippen LogP contribution is -2.50. The fraction of sp³-hybridized carbons (Fsp3) is 0.381.